The minimum absolute atomic E-state index is 0.156. The number of rotatable bonds is 4. The number of imide groups is 1. The quantitative estimate of drug-likeness (QED) is 0.654. The Morgan fingerprint density at radius 1 is 1.17 bits per heavy atom. The van der Waals surface area contributed by atoms with Crippen LogP contribution in [0.3, 0.4) is 0 Å². The number of benzene rings is 1. The third kappa shape index (κ3) is 3.71. The van der Waals surface area contributed by atoms with E-state index in [2.05, 4.69) is 0 Å². The van der Waals surface area contributed by atoms with Crippen molar-refractivity contribution in [3.63, 3.8) is 0 Å². The maximum absolute atomic E-state index is 12.2. The summed E-state index contributed by atoms with van der Waals surface area (Å²) in [5, 5.41) is 1.13. The van der Waals surface area contributed by atoms with Crippen LogP contribution in [-0.2, 0) is 4.79 Å². The lowest BCUT2D eigenvalue weighted by Gasteiger charge is -2.16. The summed E-state index contributed by atoms with van der Waals surface area (Å²) < 4.78 is 5.72. The van der Waals surface area contributed by atoms with Crippen molar-refractivity contribution in [2.45, 2.75) is 29.9 Å². The molecular weight excluding hydrogens is 366 g/mol. The van der Waals surface area contributed by atoms with Gasteiger partial charge in [0.2, 0.25) is 0 Å². The van der Waals surface area contributed by atoms with E-state index in [4.69, 9.17) is 16.0 Å². The summed E-state index contributed by atoms with van der Waals surface area (Å²) in [6, 6.07) is 10.9. The van der Waals surface area contributed by atoms with Crippen LogP contribution in [-0.4, -0.2) is 22.1 Å². The van der Waals surface area contributed by atoms with E-state index in [-0.39, 0.29) is 17.2 Å². The normalized spacial score (nSPS) is 16.7. The number of hydrogen-bond acceptors (Lipinski definition) is 5. The fourth-order valence-electron chi connectivity index (χ4n) is 2.14. The predicted molar refractivity (Wildman–Crippen MR) is 97.2 cm³/mol. The lowest BCUT2D eigenvalue weighted by atomic mass is 10.3. The van der Waals surface area contributed by atoms with E-state index in [0.717, 1.165) is 16.7 Å². The molecule has 3 rings (SSSR count). The highest BCUT2D eigenvalue weighted by Gasteiger charge is 2.36. The van der Waals surface area contributed by atoms with Gasteiger partial charge in [-0.2, -0.15) is 0 Å². The van der Waals surface area contributed by atoms with Gasteiger partial charge in [-0.05, 0) is 62.0 Å². The SMILES string of the molecule is CC(C)N1C(=O)S/C(=C/c2ccc(Sc3ccc(Cl)cc3)o2)C1=O. The van der Waals surface area contributed by atoms with Crippen LogP contribution in [0.4, 0.5) is 4.79 Å². The molecule has 7 heteroatoms. The molecule has 0 spiro atoms. The number of amides is 2. The second-order valence-electron chi connectivity index (χ2n) is 5.36. The predicted octanol–water partition coefficient (Wildman–Crippen LogP) is 5.53. The second-order valence-corrected chi connectivity index (χ2v) is 7.87. The molecule has 1 fully saturated rings. The Morgan fingerprint density at radius 3 is 2.50 bits per heavy atom. The molecule has 0 N–H and O–H groups in total. The average Bonchev–Trinajstić information content (AvgIpc) is 3.06. The summed E-state index contributed by atoms with van der Waals surface area (Å²) in [4.78, 5) is 26.8. The summed E-state index contributed by atoms with van der Waals surface area (Å²) in [5.74, 6) is 0.268. The summed E-state index contributed by atoms with van der Waals surface area (Å²) in [6.07, 6.45) is 1.61. The van der Waals surface area contributed by atoms with Gasteiger partial charge in [0.25, 0.3) is 11.1 Å². The first kappa shape index (κ1) is 17.2. The number of carbonyl (C=O) groups is 2. The van der Waals surface area contributed by atoms with Crippen molar-refractivity contribution in [3.05, 3.63) is 52.1 Å². The van der Waals surface area contributed by atoms with Crippen molar-refractivity contribution in [3.8, 4) is 0 Å². The monoisotopic (exact) mass is 379 g/mol. The Bertz CT molecular complexity index is 811. The van der Waals surface area contributed by atoms with Crippen LogP contribution in [0.15, 0.2) is 55.7 Å². The molecule has 1 aliphatic heterocycles. The smallest absolute Gasteiger partial charge is 0.293 e. The number of carbonyl (C=O) groups excluding carboxylic acids is 2. The molecule has 1 aromatic heterocycles. The van der Waals surface area contributed by atoms with Gasteiger partial charge in [0.05, 0.1) is 4.91 Å². The van der Waals surface area contributed by atoms with Gasteiger partial charge in [-0.15, -0.1) is 0 Å². The van der Waals surface area contributed by atoms with Crippen molar-refractivity contribution in [1.82, 2.24) is 4.90 Å². The van der Waals surface area contributed by atoms with E-state index in [9.17, 15) is 9.59 Å². The maximum atomic E-state index is 12.2. The molecule has 24 heavy (non-hydrogen) atoms. The lowest BCUT2D eigenvalue weighted by molar-refractivity contribution is -0.123. The molecule has 0 bridgehead atoms. The van der Waals surface area contributed by atoms with Gasteiger partial charge < -0.3 is 4.42 Å². The Morgan fingerprint density at radius 2 is 1.88 bits per heavy atom. The number of nitrogens with zero attached hydrogens (tertiary/aromatic N) is 1. The highest BCUT2D eigenvalue weighted by Crippen LogP contribution is 2.35. The first-order valence-corrected chi connectivity index (χ1v) is 9.25. The van der Waals surface area contributed by atoms with E-state index >= 15 is 0 Å². The van der Waals surface area contributed by atoms with Crippen LogP contribution in [0.1, 0.15) is 19.6 Å². The molecule has 1 aromatic carbocycles. The third-order valence-corrected chi connectivity index (χ3v) is 5.31. The van der Waals surface area contributed by atoms with Crippen LogP contribution >= 0.6 is 35.1 Å². The lowest BCUT2D eigenvalue weighted by Crippen LogP contribution is -2.34. The van der Waals surface area contributed by atoms with Gasteiger partial charge in [-0.3, -0.25) is 14.5 Å². The minimum Gasteiger partial charge on any atom is -0.450 e. The fourth-order valence-corrected chi connectivity index (χ4v) is 3.99. The van der Waals surface area contributed by atoms with Gasteiger partial charge >= 0.3 is 0 Å². The van der Waals surface area contributed by atoms with Gasteiger partial charge in [0.1, 0.15) is 5.76 Å². The average molecular weight is 380 g/mol. The topological polar surface area (TPSA) is 50.5 Å². The van der Waals surface area contributed by atoms with E-state index in [1.165, 1.54) is 16.7 Å². The van der Waals surface area contributed by atoms with E-state index in [0.29, 0.717) is 20.8 Å². The van der Waals surface area contributed by atoms with Crippen molar-refractivity contribution in [1.29, 1.82) is 0 Å². The molecule has 124 valence electrons. The Balaban J connectivity index is 1.75. The van der Waals surface area contributed by atoms with Crippen molar-refractivity contribution >= 4 is 52.3 Å². The summed E-state index contributed by atoms with van der Waals surface area (Å²) in [6.45, 7) is 3.63. The zero-order valence-electron chi connectivity index (χ0n) is 13.0. The molecule has 2 aromatic rings. The van der Waals surface area contributed by atoms with E-state index in [1.807, 2.05) is 44.2 Å². The van der Waals surface area contributed by atoms with Crippen LogP contribution in [0, 0.1) is 0 Å². The van der Waals surface area contributed by atoms with Gasteiger partial charge in [-0.1, -0.05) is 23.4 Å². The maximum Gasteiger partial charge on any atom is 0.293 e. The third-order valence-electron chi connectivity index (χ3n) is 3.25. The first-order valence-electron chi connectivity index (χ1n) is 7.24. The molecule has 4 nitrogen and oxygen atoms in total. The minimum atomic E-state index is -0.275. The van der Waals surface area contributed by atoms with Crippen LogP contribution < -0.4 is 0 Å². The molecule has 0 saturated carbocycles. The molecule has 0 unspecified atom stereocenters. The van der Waals surface area contributed by atoms with Crippen molar-refractivity contribution in [2.24, 2.45) is 0 Å². The summed E-state index contributed by atoms with van der Waals surface area (Å²) in [5.41, 5.74) is 0. The Labute approximate surface area is 153 Å². The standard InChI is InChI=1S/C17H14ClNO3S2/c1-10(2)19-16(20)14(24-17(19)21)9-12-5-8-15(22-12)23-13-6-3-11(18)4-7-13/h3-10H,1-2H3/b14-9+. The van der Waals surface area contributed by atoms with Gasteiger partial charge in [0, 0.05) is 22.0 Å². The zero-order chi connectivity index (χ0) is 17.3. The highest BCUT2D eigenvalue weighted by molar-refractivity contribution is 8.18. The van der Waals surface area contributed by atoms with E-state index in [1.54, 1.807) is 12.1 Å². The van der Waals surface area contributed by atoms with Gasteiger partial charge in [0.15, 0.2) is 5.09 Å². The van der Waals surface area contributed by atoms with Crippen LogP contribution in [0.25, 0.3) is 6.08 Å². The second kappa shape index (κ2) is 7.09. The fraction of sp³-hybridized carbons (Fsp3) is 0.176. The molecule has 2 heterocycles. The largest absolute Gasteiger partial charge is 0.450 e. The Hall–Kier alpha value is -1.63. The highest BCUT2D eigenvalue weighted by atomic mass is 35.5. The Kier molecular flexibility index (Phi) is 5.08. The van der Waals surface area contributed by atoms with E-state index < -0.39 is 0 Å². The van der Waals surface area contributed by atoms with Crippen LogP contribution in [0.2, 0.25) is 5.02 Å². The summed E-state index contributed by atoms with van der Waals surface area (Å²) >= 11 is 8.26. The first-order chi connectivity index (χ1) is 11.4. The molecular formula is C17H14ClNO3S2. The van der Waals surface area contributed by atoms with Crippen LogP contribution in [0.5, 0.6) is 0 Å². The summed E-state index contributed by atoms with van der Waals surface area (Å²) in [7, 11) is 0. The molecule has 0 aliphatic carbocycles. The molecule has 0 radical (unpaired) electrons. The number of thioether (sulfide) groups is 1. The van der Waals surface area contributed by atoms with Gasteiger partial charge in [-0.25, -0.2) is 0 Å². The number of hydrogen-bond donors (Lipinski definition) is 0. The number of furan rings is 1. The molecule has 0 atom stereocenters. The number of halogens is 1. The van der Waals surface area contributed by atoms with Crippen molar-refractivity contribution < 1.29 is 14.0 Å². The molecule has 1 aliphatic rings. The molecule has 1 saturated heterocycles. The van der Waals surface area contributed by atoms with Crippen molar-refractivity contribution in [2.75, 3.05) is 0 Å². The molecule has 2 amide bonds. The zero-order valence-corrected chi connectivity index (χ0v) is 15.4.